The normalized spacial score (nSPS) is 10.3. The zero-order valence-corrected chi connectivity index (χ0v) is 16.6. The number of ether oxygens (including phenoxy) is 3. The molecule has 1 aromatic heterocycles. The summed E-state index contributed by atoms with van der Waals surface area (Å²) in [5.74, 6) is 3.00. The number of benzene rings is 2. The van der Waals surface area contributed by atoms with Gasteiger partial charge in [0, 0.05) is 30.6 Å². The van der Waals surface area contributed by atoms with Crippen molar-refractivity contribution in [3.05, 3.63) is 54.2 Å². The first-order valence-electron chi connectivity index (χ1n) is 9.04. The Morgan fingerprint density at radius 2 is 1.62 bits per heavy atom. The van der Waals surface area contributed by atoms with E-state index in [2.05, 4.69) is 20.6 Å². The van der Waals surface area contributed by atoms with Crippen molar-refractivity contribution in [2.75, 3.05) is 38.5 Å². The molecule has 0 aliphatic rings. The minimum Gasteiger partial charge on any atom is -0.508 e. The molecule has 29 heavy (non-hydrogen) atoms. The van der Waals surface area contributed by atoms with E-state index in [1.54, 1.807) is 57.9 Å². The van der Waals surface area contributed by atoms with Gasteiger partial charge < -0.3 is 30.0 Å². The highest BCUT2D eigenvalue weighted by atomic mass is 16.5. The standard InChI is InChI=1S/C21H24N4O4/c1-27-17-12-15(13-18(28-2)20(17)29-3)24-21-23-11-9-19(25-21)22-10-8-14-4-6-16(26)7-5-14/h4-7,9,11-13,26H,8,10H2,1-3H3,(H2,22,23,24,25). The van der Waals surface area contributed by atoms with E-state index < -0.39 is 0 Å². The van der Waals surface area contributed by atoms with Gasteiger partial charge in [-0.3, -0.25) is 0 Å². The number of nitrogens with zero attached hydrogens (tertiary/aromatic N) is 2. The minimum absolute atomic E-state index is 0.264. The highest BCUT2D eigenvalue weighted by Gasteiger charge is 2.13. The van der Waals surface area contributed by atoms with Gasteiger partial charge in [0.05, 0.1) is 21.3 Å². The van der Waals surface area contributed by atoms with Crippen LogP contribution in [0.1, 0.15) is 5.56 Å². The third-order valence-electron chi connectivity index (χ3n) is 4.23. The number of aromatic hydroxyl groups is 1. The Morgan fingerprint density at radius 3 is 2.24 bits per heavy atom. The molecule has 8 heteroatoms. The number of hydrogen-bond donors (Lipinski definition) is 3. The van der Waals surface area contributed by atoms with Gasteiger partial charge in [0.25, 0.3) is 0 Å². The highest BCUT2D eigenvalue weighted by Crippen LogP contribution is 2.40. The summed E-state index contributed by atoms with van der Waals surface area (Å²) in [4.78, 5) is 8.74. The van der Waals surface area contributed by atoms with E-state index >= 15 is 0 Å². The van der Waals surface area contributed by atoms with Crippen LogP contribution in [0.2, 0.25) is 0 Å². The minimum atomic E-state index is 0.264. The summed E-state index contributed by atoms with van der Waals surface area (Å²) in [5, 5.41) is 15.8. The lowest BCUT2D eigenvalue weighted by molar-refractivity contribution is 0.324. The molecule has 0 aliphatic heterocycles. The Labute approximate surface area is 169 Å². The fraction of sp³-hybridized carbons (Fsp3) is 0.238. The van der Waals surface area contributed by atoms with Crippen LogP contribution < -0.4 is 24.8 Å². The summed E-state index contributed by atoms with van der Waals surface area (Å²) < 4.78 is 16.1. The second-order valence-corrected chi connectivity index (χ2v) is 6.15. The second kappa shape index (κ2) is 9.50. The number of rotatable bonds is 9. The summed E-state index contributed by atoms with van der Waals surface area (Å²) in [6.45, 7) is 0.700. The smallest absolute Gasteiger partial charge is 0.229 e. The Hall–Kier alpha value is -3.68. The third-order valence-corrected chi connectivity index (χ3v) is 4.23. The van der Waals surface area contributed by atoms with E-state index in [0.717, 1.165) is 12.0 Å². The van der Waals surface area contributed by atoms with Crippen molar-refractivity contribution < 1.29 is 19.3 Å². The SMILES string of the molecule is COc1cc(Nc2nccc(NCCc3ccc(O)cc3)n2)cc(OC)c1OC. The molecule has 0 radical (unpaired) electrons. The predicted octanol–water partition coefficient (Wildman–Crippen LogP) is 3.61. The Morgan fingerprint density at radius 1 is 0.931 bits per heavy atom. The average molecular weight is 396 g/mol. The lowest BCUT2D eigenvalue weighted by Crippen LogP contribution is -2.08. The molecule has 0 saturated carbocycles. The van der Waals surface area contributed by atoms with Crippen molar-refractivity contribution in [1.29, 1.82) is 0 Å². The summed E-state index contributed by atoms with van der Waals surface area (Å²) in [6.07, 6.45) is 2.48. The second-order valence-electron chi connectivity index (χ2n) is 6.15. The summed E-state index contributed by atoms with van der Waals surface area (Å²) in [7, 11) is 4.69. The van der Waals surface area contributed by atoms with Crippen LogP contribution in [0.5, 0.6) is 23.0 Å². The van der Waals surface area contributed by atoms with Crippen LogP contribution in [0, 0.1) is 0 Å². The topological polar surface area (TPSA) is 97.8 Å². The number of phenolic OH excluding ortho intramolecular Hbond substituents is 1. The Kier molecular flexibility index (Phi) is 6.57. The molecule has 3 aromatic rings. The first-order chi connectivity index (χ1) is 14.1. The molecule has 2 aromatic carbocycles. The van der Waals surface area contributed by atoms with Crippen LogP contribution in [0.15, 0.2) is 48.7 Å². The number of aromatic nitrogens is 2. The monoisotopic (exact) mass is 396 g/mol. The van der Waals surface area contributed by atoms with Crippen LogP contribution in [0.3, 0.4) is 0 Å². The van der Waals surface area contributed by atoms with E-state index in [1.807, 2.05) is 12.1 Å². The molecule has 0 unspecified atom stereocenters. The average Bonchev–Trinajstić information content (AvgIpc) is 2.74. The maximum absolute atomic E-state index is 9.34. The molecule has 0 atom stereocenters. The maximum atomic E-state index is 9.34. The van der Waals surface area contributed by atoms with Gasteiger partial charge in [-0.1, -0.05) is 12.1 Å². The van der Waals surface area contributed by atoms with Gasteiger partial charge in [-0.25, -0.2) is 4.98 Å². The molecule has 0 saturated heterocycles. The fourth-order valence-electron chi connectivity index (χ4n) is 2.80. The van der Waals surface area contributed by atoms with Gasteiger partial charge in [-0.05, 0) is 30.2 Å². The quantitative estimate of drug-likeness (QED) is 0.505. The molecule has 0 spiro atoms. The van der Waals surface area contributed by atoms with Crippen LogP contribution in [0.25, 0.3) is 0 Å². The summed E-state index contributed by atoms with van der Waals surface area (Å²) in [5.41, 5.74) is 1.83. The Bertz CT molecular complexity index is 923. The molecule has 0 fully saturated rings. The van der Waals surface area contributed by atoms with Crippen LogP contribution in [-0.2, 0) is 6.42 Å². The van der Waals surface area contributed by atoms with Crippen LogP contribution in [-0.4, -0.2) is 42.9 Å². The third kappa shape index (κ3) is 5.19. The van der Waals surface area contributed by atoms with E-state index in [-0.39, 0.29) is 5.75 Å². The van der Waals surface area contributed by atoms with Crippen molar-refractivity contribution in [3.8, 4) is 23.0 Å². The van der Waals surface area contributed by atoms with E-state index in [9.17, 15) is 5.11 Å². The van der Waals surface area contributed by atoms with Crippen molar-refractivity contribution in [2.24, 2.45) is 0 Å². The van der Waals surface area contributed by atoms with Crippen molar-refractivity contribution in [2.45, 2.75) is 6.42 Å². The largest absolute Gasteiger partial charge is 0.508 e. The zero-order valence-electron chi connectivity index (χ0n) is 16.6. The summed E-state index contributed by atoms with van der Waals surface area (Å²) in [6, 6.07) is 12.5. The number of methoxy groups -OCH3 is 3. The maximum Gasteiger partial charge on any atom is 0.229 e. The van der Waals surface area contributed by atoms with Crippen molar-refractivity contribution in [1.82, 2.24) is 9.97 Å². The molecular weight excluding hydrogens is 372 g/mol. The van der Waals surface area contributed by atoms with Gasteiger partial charge in [0.15, 0.2) is 11.5 Å². The molecule has 1 heterocycles. The highest BCUT2D eigenvalue weighted by molar-refractivity contribution is 5.66. The van der Waals surface area contributed by atoms with E-state index in [0.29, 0.717) is 41.2 Å². The predicted molar refractivity (Wildman–Crippen MR) is 112 cm³/mol. The number of phenols is 1. The fourth-order valence-corrected chi connectivity index (χ4v) is 2.80. The molecule has 3 rings (SSSR count). The van der Waals surface area contributed by atoms with E-state index in [1.165, 1.54) is 0 Å². The molecule has 8 nitrogen and oxygen atoms in total. The van der Waals surface area contributed by atoms with Gasteiger partial charge in [-0.2, -0.15) is 4.98 Å². The first kappa shape index (κ1) is 20.1. The molecule has 0 aliphatic carbocycles. The van der Waals surface area contributed by atoms with Crippen LogP contribution >= 0.6 is 0 Å². The molecule has 0 bridgehead atoms. The lowest BCUT2D eigenvalue weighted by Gasteiger charge is -2.15. The van der Waals surface area contributed by atoms with Crippen molar-refractivity contribution >= 4 is 17.5 Å². The van der Waals surface area contributed by atoms with Gasteiger partial charge in [-0.15, -0.1) is 0 Å². The van der Waals surface area contributed by atoms with Crippen molar-refractivity contribution in [3.63, 3.8) is 0 Å². The number of nitrogens with one attached hydrogen (secondary N) is 2. The van der Waals surface area contributed by atoms with E-state index in [4.69, 9.17) is 14.2 Å². The number of hydrogen-bond acceptors (Lipinski definition) is 8. The summed E-state index contributed by atoms with van der Waals surface area (Å²) >= 11 is 0. The van der Waals surface area contributed by atoms with Crippen LogP contribution in [0.4, 0.5) is 17.5 Å². The van der Waals surface area contributed by atoms with Gasteiger partial charge >= 0.3 is 0 Å². The lowest BCUT2D eigenvalue weighted by atomic mass is 10.1. The Balaban J connectivity index is 1.67. The zero-order chi connectivity index (χ0) is 20.6. The van der Waals surface area contributed by atoms with Gasteiger partial charge in [0.2, 0.25) is 11.7 Å². The molecule has 152 valence electrons. The first-order valence-corrected chi connectivity index (χ1v) is 9.04. The number of anilines is 3. The molecule has 0 amide bonds. The molecule has 3 N–H and O–H groups in total. The molecular formula is C21H24N4O4. The van der Waals surface area contributed by atoms with Gasteiger partial charge in [0.1, 0.15) is 11.6 Å².